The molecule has 132 valence electrons. The minimum absolute atomic E-state index is 0.0990. The van der Waals surface area contributed by atoms with Gasteiger partial charge in [-0.15, -0.1) is 11.3 Å². The molecule has 0 unspecified atom stereocenters. The molecular formula is C17H32N4OS. The second-order valence-electron chi connectivity index (χ2n) is 6.40. The van der Waals surface area contributed by atoms with E-state index >= 15 is 0 Å². The Balaban J connectivity index is 2.43. The van der Waals surface area contributed by atoms with E-state index in [1.807, 2.05) is 6.92 Å². The molecule has 0 saturated heterocycles. The van der Waals surface area contributed by atoms with E-state index in [1.165, 1.54) is 0 Å². The SMILES string of the molecule is CCNC(=NCc1nc(C(C)(C)C)cs1)NCCCCOCC. The molecule has 1 aromatic rings. The first-order valence-corrected chi connectivity index (χ1v) is 9.40. The average Bonchev–Trinajstić information content (AvgIpc) is 2.97. The lowest BCUT2D eigenvalue weighted by molar-refractivity contribution is 0.143. The maximum absolute atomic E-state index is 5.34. The third kappa shape index (κ3) is 8.32. The Labute approximate surface area is 145 Å². The van der Waals surface area contributed by atoms with E-state index in [4.69, 9.17) is 4.74 Å². The third-order valence-electron chi connectivity index (χ3n) is 3.25. The summed E-state index contributed by atoms with van der Waals surface area (Å²) in [4.78, 5) is 9.31. The summed E-state index contributed by atoms with van der Waals surface area (Å²) in [6, 6.07) is 0. The summed E-state index contributed by atoms with van der Waals surface area (Å²) < 4.78 is 5.34. The first-order valence-electron chi connectivity index (χ1n) is 8.52. The normalized spacial score (nSPS) is 12.5. The largest absolute Gasteiger partial charge is 0.382 e. The summed E-state index contributed by atoms with van der Waals surface area (Å²) in [7, 11) is 0. The fourth-order valence-corrected chi connectivity index (χ4v) is 2.84. The molecule has 23 heavy (non-hydrogen) atoms. The standard InChI is InChI=1S/C17H32N4OS/c1-6-18-16(19-10-8-9-11-22-7-2)20-12-15-21-14(13-23-15)17(3,4)5/h13H,6-12H2,1-5H3,(H2,18,19,20). The maximum Gasteiger partial charge on any atom is 0.191 e. The molecule has 1 aromatic heterocycles. The molecule has 0 spiro atoms. The smallest absolute Gasteiger partial charge is 0.191 e. The Bertz CT molecular complexity index is 465. The minimum Gasteiger partial charge on any atom is -0.382 e. The predicted octanol–water partition coefficient (Wildman–Crippen LogP) is 3.31. The zero-order valence-electron chi connectivity index (χ0n) is 15.2. The van der Waals surface area contributed by atoms with Gasteiger partial charge in [-0.2, -0.15) is 0 Å². The molecule has 0 aliphatic heterocycles. The number of hydrogen-bond acceptors (Lipinski definition) is 4. The van der Waals surface area contributed by atoms with Crippen LogP contribution in [0.5, 0.6) is 0 Å². The number of thiazole rings is 1. The fraction of sp³-hybridized carbons (Fsp3) is 0.765. The Morgan fingerprint density at radius 3 is 2.65 bits per heavy atom. The summed E-state index contributed by atoms with van der Waals surface area (Å²) >= 11 is 1.68. The molecule has 0 saturated carbocycles. The van der Waals surface area contributed by atoms with Crippen molar-refractivity contribution in [2.45, 2.75) is 59.4 Å². The van der Waals surface area contributed by atoms with Crippen molar-refractivity contribution in [3.63, 3.8) is 0 Å². The number of guanidine groups is 1. The molecule has 1 heterocycles. The van der Waals surface area contributed by atoms with Crippen molar-refractivity contribution in [3.05, 3.63) is 16.1 Å². The number of aromatic nitrogens is 1. The van der Waals surface area contributed by atoms with Crippen molar-refractivity contribution < 1.29 is 4.74 Å². The van der Waals surface area contributed by atoms with Crippen LogP contribution in [0.2, 0.25) is 0 Å². The Morgan fingerprint density at radius 2 is 2.04 bits per heavy atom. The van der Waals surface area contributed by atoms with E-state index in [-0.39, 0.29) is 5.41 Å². The first-order chi connectivity index (χ1) is 11.0. The van der Waals surface area contributed by atoms with Crippen LogP contribution in [0, 0.1) is 0 Å². The first kappa shape index (κ1) is 19.9. The van der Waals surface area contributed by atoms with Gasteiger partial charge in [-0.25, -0.2) is 9.98 Å². The number of hydrogen-bond donors (Lipinski definition) is 2. The molecule has 6 heteroatoms. The average molecular weight is 341 g/mol. The molecule has 0 amide bonds. The number of ether oxygens (including phenoxy) is 1. The van der Waals surface area contributed by atoms with Crippen LogP contribution < -0.4 is 10.6 Å². The van der Waals surface area contributed by atoms with Crippen LogP contribution in [-0.4, -0.2) is 37.2 Å². The minimum atomic E-state index is 0.0990. The van der Waals surface area contributed by atoms with Gasteiger partial charge in [0.1, 0.15) is 5.01 Å². The van der Waals surface area contributed by atoms with E-state index < -0.39 is 0 Å². The van der Waals surface area contributed by atoms with Crippen LogP contribution in [0.1, 0.15) is 58.2 Å². The number of unbranched alkanes of at least 4 members (excludes halogenated alkanes) is 1. The lowest BCUT2D eigenvalue weighted by Crippen LogP contribution is -2.37. The molecule has 5 nitrogen and oxygen atoms in total. The van der Waals surface area contributed by atoms with Gasteiger partial charge in [0.2, 0.25) is 0 Å². The highest BCUT2D eigenvalue weighted by Crippen LogP contribution is 2.24. The number of rotatable bonds is 9. The summed E-state index contributed by atoms with van der Waals surface area (Å²) in [5, 5.41) is 9.84. The summed E-state index contributed by atoms with van der Waals surface area (Å²) in [5.41, 5.74) is 1.24. The second kappa shape index (κ2) is 10.6. The molecule has 0 bridgehead atoms. The van der Waals surface area contributed by atoms with Gasteiger partial charge >= 0.3 is 0 Å². The van der Waals surface area contributed by atoms with Crippen LogP contribution in [0.3, 0.4) is 0 Å². The highest BCUT2D eigenvalue weighted by molar-refractivity contribution is 7.09. The summed E-state index contributed by atoms with van der Waals surface area (Å²) in [6.07, 6.45) is 2.15. The molecule has 0 radical (unpaired) electrons. The van der Waals surface area contributed by atoms with Gasteiger partial charge in [0.15, 0.2) is 5.96 Å². The van der Waals surface area contributed by atoms with Crippen LogP contribution in [0.25, 0.3) is 0 Å². The maximum atomic E-state index is 5.34. The summed E-state index contributed by atoms with van der Waals surface area (Å²) in [5.74, 6) is 0.858. The summed E-state index contributed by atoms with van der Waals surface area (Å²) in [6.45, 7) is 14.7. The Morgan fingerprint density at radius 1 is 1.26 bits per heavy atom. The van der Waals surface area contributed by atoms with Crippen LogP contribution >= 0.6 is 11.3 Å². The Kier molecular flexibility index (Phi) is 9.17. The predicted molar refractivity (Wildman–Crippen MR) is 99.4 cm³/mol. The van der Waals surface area contributed by atoms with Gasteiger partial charge in [-0.1, -0.05) is 20.8 Å². The van der Waals surface area contributed by atoms with E-state index in [9.17, 15) is 0 Å². The van der Waals surface area contributed by atoms with Crippen molar-refractivity contribution in [1.82, 2.24) is 15.6 Å². The molecule has 0 aromatic carbocycles. The number of nitrogens with zero attached hydrogens (tertiary/aromatic N) is 2. The van der Waals surface area contributed by atoms with E-state index in [2.05, 4.69) is 53.7 Å². The van der Waals surface area contributed by atoms with E-state index in [0.29, 0.717) is 6.54 Å². The topological polar surface area (TPSA) is 58.5 Å². The third-order valence-corrected chi connectivity index (χ3v) is 4.08. The van der Waals surface area contributed by atoms with Gasteiger partial charge in [-0.05, 0) is 26.7 Å². The van der Waals surface area contributed by atoms with Gasteiger partial charge in [0.05, 0.1) is 12.2 Å². The monoisotopic (exact) mass is 340 g/mol. The van der Waals surface area contributed by atoms with Crippen molar-refractivity contribution >= 4 is 17.3 Å². The van der Waals surface area contributed by atoms with E-state index in [0.717, 1.165) is 55.8 Å². The van der Waals surface area contributed by atoms with Crippen LogP contribution in [-0.2, 0) is 16.7 Å². The lowest BCUT2D eigenvalue weighted by Gasteiger charge is -2.14. The van der Waals surface area contributed by atoms with Gasteiger partial charge < -0.3 is 15.4 Å². The fourth-order valence-electron chi connectivity index (χ4n) is 1.90. The van der Waals surface area contributed by atoms with E-state index in [1.54, 1.807) is 11.3 Å². The zero-order chi connectivity index (χ0) is 17.1. The molecule has 2 N–H and O–H groups in total. The van der Waals surface area contributed by atoms with Gasteiger partial charge in [-0.3, -0.25) is 0 Å². The second-order valence-corrected chi connectivity index (χ2v) is 7.35. The molecule has 1 rings (SSSR count). The zero-order valence-corrected chi connectivity index (χ0v) is 16.1. The van der Waals surface area contributed by atoms with Crippen molar-refractivity contribution in [1.29, 1.82) is 0 Å². The van der Waals surface area contributed by atoms with Crippen LogP contribution in [0.4, 0.5) is 0 Å². The quantitative estimate of drug-likeness (QED) is 0.411. The molecule has 0 fully saturated rings. The van der Waals surface area contributed by atoms with Crippen molar-refractivity contribution in [2.75, 3.05) is 26.3 Å². The van der Waals surface area contributed by atoms with Crippen LogP contribution in [0.15, 0.2) is 10.4 Å². The van der Waals surface area contributed by atoms with Gasteiger partial charge in [0.25, 0.3) is 0 Å². The lowest BCUT2D eigenvalue weighted by atomic mass is 9.93. The Hall–Kier alpha value is -1.14. The highest BCUT2D eigenvalue weighted by atomic mass is 32.1. The van der Waals surface area contributed by atoms with Gasteiger partial charge in [0, 0.05) is 37.1 Å². The molecule has 0 aliphatic carbocycles. The highest BCUT2D eigenvalue weighted by Gasteiger charge is 2.17. The number of aliphatic imine (C=N–C) groups is 1. The van der Waals surface area contributed by atoms with Crippen molar-refractivity contribution in [3.8, 4) is 0 Å². The molecule has 0 atom stereocenters. The number of nitrogens with one attached hydrogen (secondary N) is 2. The molecular weight excluding hydrogens is 308 g/mol. The molecule has 0 aliphatic rings. The van der Waals surface area contributed by atoms with Crippen molar-refractivity contribution in [2.24, 2.45) is 4.99 Å².